The lowest BCUT2D eigenvalue weighted by atomic mass is 10.2. The Morgan fingerprint density at radius 2 is 2.32 bits per heavy atom. The lowest BCUT2D eigenvalue weighted by Crippen LogP contribution is -2.25. The number of carbonyl (C=O) groups excluding carboxylic acids is 1. The smallest absolute Gasteiger partial charge is 0.271 e. The van der Waals surface area contributed by atoms with E-state index in [9.17, 15) is 4.79 Å². The number of anilines is 1. The fourth-order valence-corrected chi connectivity index (χ4v) is 3.25. The Kier molecular flexibility index (Phi) is 4.26. The summed E-state index contributed by atoms with van der Waals surface area (Å²) in [6, 6.07) is 3.93. The van der Waals surface area contributed by atoms with Crippen molar-refractivity contribution in [1.82, 2.24) is 15.1 Å². The van der Waals surface area contributed by atoms with Crippen molar-refractivity contribution in [2.45, 2.75) is 19.9 Å². The van der Waals surface area contributed by atoms with Crippen molar-refractivity contribution in [1.29, 1.82) is 0 Å². The highest BCUT2D eigenvalue weighted by molar-refractivity contribution is 9.11. The van der Waals surface area contributed by atoms with Gasteiger partial charge in [0.1, 0.15) is 5.69 Å². The van der Waals surface area contributed by atoms with Gasteiger partial charge in [-0.15, -0.1) is 11.3 Å². The van der Waals surface area contributed by atoms with E-state index < -0.39 is 0 Å². The zero-order valence-electron chi connectivity index (χ0n) is 10.7. The number of hydrogen-bond acceptors (Lipinski definition) is 4. The Bertz CT molecular complexity index is 605. The van der Waals surface area contributed by atoms with Gasteiger partial charge in [-0.3, -0.25) is 9.48 Å². The monoisotopic (exact) mass is 342 g/mol. The van der Waals surface area contributed by atoms with Crippen LogP contribution in [0.5, 0.6) is 0 Å². The van der Waals surface area contributed by atoms with Gasteiger partial charge in [-0.2, -0.15) is 5.10 Å². The number of carbonyl (C=O) groups is 1. The van der Waals surface area contributed by atoms with Crippen LogP contribution < -0.4 is 11.1 Å². The van der Waals surface area contributed by atoms with E-state index in [2.05, 4.69) is 26.3 Å². The van der Waals surface area contributed by atoms with E-state index in [1.807, 2.05) is 19.1 Å². The van der Waals surface area contributed by atoms with Crippen molar-refractivity contribution < 1.29 is 4.79 Å². The molecule has 3 N–H and O–H groups in total. The predicted octanol–water partition coefficient (Wildman–Crippen LogP) is 2.32. The molecule has 0 saturated heterocycles. The Morgan fingerprint density at radius 1 is 1.58 bits per heavy atom. The summed E-state index contributed by atoms with van der Waals surface area (Å²) in [5, 5.41) is 7.09. The zero-order valence-corrected chi connectivity index (χ0v) is 13.1. The van der Waals surface area contributed by atoms with E-state index in [4.69, 9.17) is 5.73 Å². The molecule has 0 fully saturated rings. The number of nitrogens with two attached hydrogens (primary N) is 1. The number of thiophene rings is 1. The first-order valence-electron chi connectivity index (χ1n) is 5.86. The molecular formula is C12H15BrN4OS. The van der Waals surface area contributed by atoms with E-state index in [-0.39, 0.29) is 5.91 Å². The SMILES string of the molecule is CCc1nn(C)c(C(=O)NCc2ccc(Br)s2)c1N. The Hall–Kier alpha value is -1.34. The van der Waals surface area contributed by atoms with Crippen LogP contribution in [0.2, 0.25) is 0 Å². The number of hydrogen-bond donors (Lipinski definition) is 2. The average Bonchev–Trinajstić information content (AvgIpc) is 2.90. The Morgan fingerprint density at radius 3 is 2.84 bits per heavy atom. The number of aromatic nitrogens is 2. The normalized spacial score (nSPS) is 10.7. The molecule has 0 bridgehead atoms. The summed E-state index contributed by atoms with van der Waals surface area (Å²) in [6.07, 6.45) is 0.713. The minimum absolute atomic E-state index is 0.197. The third-order valence-corrected chi connectivity index (χ3v) is 4.39. The van der Waals surface area contributed by atoms with Crippen LogP contribution >= 0.6 is 27.3 Å². The van der Waals surface area contributed by atoms with Crippen LogP contribution in [-0.4, -0.2) is 15.7 Å². The van der Waals surface area contributed by atoms with Gasteiger partial charge < -0.3 is 11.1 Å². The van der Waals surface area contributed by atoms with E-state index in [0.29, 0.717) is 24.3 Å². The fraction of sp³-hybridized carbons (Fsp3) is 0.333. The largest absolute Gasteiger partial charge is 0.395 e. The van der Waals surface area contributed by atoms with Gasteiger partial charge >= 0.3 is 0 Å². The van der Waals surface area contributed by atoms with Gasteiger partial charge in [0.15, 0.2) is 0 Å². The molecule has 0 aromatic carbocycles. The first-order valence-corrected chi connectivity index (χ1v) is 7.47. The molecule has 5 nitrogen and oxygen atoms in total. The summed E-state index contributed by atoms with van der Waals surface area (Å²) in [4.78, 5) is 13.2. The third kappa shape index (κ3) is 2.98. The number of aryl methyl sites for hydroxylation is 2. The van der Waals surface area contributed by atoms with E-state index in [1.165, 1.54) is 4.68 Å². The molecule has 0 aliphatic heterocycles. The van der Waals surface area contributed by atoms with Crippen LogP contribution in [0, 0.1) is 0 Å². The minimum atomic E-state index is -0.197. The molecule has 0 aliphatic carbocycles. The maximum Gasteiger partial charge on any atom is 0.271 e. The third-order valence-electron chi connectivity index (χ3n) is 2.76. The molecule has 0 aliphatic rings. The highest BCUT2D eigenvalue weighted by Gasteiger charge is 2.18. The van der Waals surface area contributed by atoms with Gasteiger partial charge in [-0.25, -0.2) is 0 Å². The van der Waals surface area contributed by atoms with Crippen molar-refractivity contribution >= 4 is 38.9 Å². The Balaban J connectivity index is 2.10. The molecule has 0 saturated carbocycles. The number of nitrogens with one attached hydrogen (secondary N) is 1. The quantitative estimate of drug-likeness (QED) is 0.895. The first kappa shape index (κ1) is 14.1. The van der Waals surface area contributed by atoms with Crippen molar-refractivity contribution in [3.05, 3.63) is 32.2 Å². The summed E-state index contributed by atoms with van der Waals surface area (Å²) in [5.74, 6) is -0.197. The molecule has 2 heterocycles. The summed E-state index contributed by atoms with van der Waals surface area (Å²) in [6.45, 7) is 2.45. The minimum Gasteiger partial charge on any atom is -0.395 e. The summed E-state index contributed by atoms with van der Waals surface area (Å²) >= 11 is 4.98. The number of rotatable bonds is 4. The predicted molar refractivity (Wildman–Crippen MR) is 80.2 cm³/mol. The maximum absolute atomic E-state index is 12.1. The van der Waals surface area contributed by atoms with E-state index >= 15 is 0 Å². The highest BCUT2D eigenvalue weighted by Crippen LogP contribution is 2.22. The van der Waals surface area contributed by atoms with Crippen LogP contribution in [0.4, 0.5) is 5.69 Å². The lowest BCUT2D eigenvalue weighted by molar-refractivity contribution is 0.0943. The number of nitrogens with zero attached hydrogens (tertiary/aromatic N) is 2. The van der Waals surface area contributed by atoms with Crippen LogP contribution in [0.25, 0.3) is 0 Å². The van der Waals surface area contributed by atoms with Gasteiger partial charge in [0.2, 0.25) is 0 Å². The molecule has 7 heteroatoms. The number of halogens is 1. The maximum atomic E-state index is 12.1. The topological polar surface area (TPSA) is 72.9 Å². The molecule has 2 aromatic rings. The van der Waals surface area contributed by atoms with Gasteiger partial charge in [0.25, 0.3) is 5.91 Å². The standard InChI is InChI=1S/C12H15BrN4OS/c1-3-8-10(14)11(17(2)16-8)12(18)15-6-7-4-5-9(13)19-7/h4-5H,3,6,14H2,1-2H3,(H,15,18). The molecule has 0 radical (unpaired) electrons. The van der Waals surface area contributed by atoms with Gasteiger partial charge in [0, 0.05) is 11.9 Å². The second-order valence-corrected chi connectivity index (χ2v) is 6.62. The van der Waals surface area contributed by atoms with Gasteiger partial charge in [-0.1, -0.05) is 6.92 Å². The van der Waals surface area contributed by atoms with Gasteiger partial charge in [0.05, 0.1) is 21.7 Å². The summed E-state index contributed by atoms with van der Waals surface area (Å²) < 4.78 is 2.58. The van der Waals surface area contributed by atoms with Crippen LogP contribution in [0.1, 0.15) is 28.0 Å². The van der Waals surface area contributed by atoms with E-state index in [1.54, 1.807) is 18.4 Å². The average molecular weight is 343 g/mol. The molecule has 2 rings (SSSR count). The molecule has 2 aromatic heterocycles. The second-order valence-electron chi connectivity index (χ2n) is 4.07. The molecule has 102 valence electrons. The molecule has 0 spiro atoms. The second kappa shape index (κ2) is 5.75. The lowest BCUT2D eigenvalue weighted by Gasteiger charge is -2.04. The van der Waals surface area contributed by atoms with Crippen molar-refractivity contribution in [2.24, 2.45) is 7.05 Å². The highest BCUT2D eigenvalue weighted by atomic mass is 79.9. The zero-order chi connectivity index (χ0) is 14.0. The molecule has 0 atom stereocenters. The van der Waals surface area contributed by atoms with Crippen LogP contribution in [-0.2, 0) is 20.0 Å². The first-order chi connectivity index (χ1) is 9.02. The van der Waals surface area contributed by atoms with Gasteiger partial charge in [-0.05, 0) is 34.5 Å². The van der Waals surface area contributed by atoms with Crippen LogP contribution in [0.15, 0.2) is 15.9 Å². The molecule has 0 unspecified atom stereocenters. The number of amides is 1. The fourth-order valence-electron chi connectivity index (χ4n) is 1.82. The molecule has 19 heavy (non-hydrogen) atoms. The van der Waals surface area contributed by atoms with Crippen molar-refractivity contribution in [2.75, 3.05) is 5.73 Å². The van der Waals surface area contributed by atoms with Crippen LogP contribution in [0.3, 0.4) is 0 Å². The molecular weight excluding hydrogens is 328 g/mol. The van der Waals surface area contributed by atoms with Crippen molar-refractivity contribution in [3.8, 4) is 0 Å². The van der Waals surface area contributed by atoms with E-state index in [0.717, 1.165) is 14.4 Å². The van der Waals surface area contributed by atoms with Crippen molar-refractivity contribution in [3.63, 3.8) is 0 Å². The summed E-state index contributed by atoms with van der Waals surface area (Å²) in [7, 11) is 1.73. The summed E-state index contributed by atoms with van der Waals surface area (Å²) in [5.41, 5.74) is 7.59. The molecule has 1 amide bonds. The Labute approximate surface area is 123 Å². The number of nitrogen functional groups attached to an aromatic ring is 1.